The Morgan fingerprint density at radius 3 is 2.58 bits per heavy atom. The van der Waals surface area contributed by atoms with Crippen LogP contribution in [0, 0.1) is 0 Å². The molecule has 0 aromatic rings. The highest BCUT2D eigenvalue weighted by atomic mass is 16.2. The van der Waals surface area contributed by atoms with Crippen LogP contribution in [0.2, 0.25) is 0 Å². The molecule has 5 nitrogen and oxygen atoms in total. The van der Waals surface area contributed by atoms with Crippen LogP contribution >= 0.6 is 0 Å². The second kappa shape index (κ2) is 8.51. The summed E-state index contributed by atoms with van der Waals surface area (Å²) in [7, 11) is 0. The van der Waals surface area contributed by atoms with Crippen molar-refractivity contribution < 1.29 is 4.79 Å². The molecule has 19 heavy (non-hydrogen) atoms. The number of nitrogens with zero attached hydrogens (tertiary/aromatic N) is 2. The lowest BCUT2D eigenvalue weighted by Gasteiger charge is -2.27. The topological polar surface area (TPSA) is 61.6 Å². The monoisotopic (exact) mass is 270 g/mol. The van der Waals surface area contributed by atoms with Crippen LogP contribution in [0.1, 0.15) is 33.6 Å². The minimum Gasteiger partial charge on any atom is -0.353 e. The van der Waals surface area contributed by atoms with Gasteiger partial charge in [0.15, 0.2) is 0 Å². The lowest BCUT2D eigenvalue weighted by atomic mass is 10.2. The van der Waals surface area contributed by atoms with Gasteiger partial charge >= 0.3 is 0 Å². The molecule has 1 unspecified atom stereocenters. The van der Waals surface area contributed by atoms with E-state index in [4.69, 9.17) is 5.73 Å². The predicted octanol–water partition coefficient (Wildman–Crippen LogP) is 0.256. The summed E-state index contributed by atoms with van der Waals surface area (Å²) in [5.41, 5.74) is 5.56. The number of amides is 1. The number of hydrogen-bond donors (Lipinski definition) is 2. The zero-order valence-corrected chi connectivity index (χ0v) is 12.7. The molecule has 0 bridgehead atoms. The van der Waals surface area contributed by atoms with Gasteiger partial charge in [-0.25, -0.2) is 0 Å². The van der Waals surface area contributed by atoms with Crippen LogP contribution in [0.3, 0.4) is 0 Å². The van der Waals surface area contributed by atoms with Crippen molar-refractivity contribution in [1.82, 2.24) is 15.1 Å². The summed E-state index contributed by atoms with van der Waals surface area (Å²) >= 11 is 0. The van der Waals surface area contributed by atoms with Crippen molar-refractivity contribution in [3.8, 4) is 0 Å². The lowest BCUT2D eigenvalue weighted by Crippen LogP contribution is -2.48. The van der Waals surface area contributed by atoms with Gasteiger partial charge in [0.25, 0.3) is 0 Å². The average molecular weight is 270 g/mol. The van der Waals surface area contributed by atoms with Crippen LogP contribution in [0.25, 0.3) is 0 Å². The van der Waals surface area contributed by atoms with E-state index in [-0.39, 0.29) is 18.0 Å². The maximum atomic E-state index is 12.0. The predicted molar refractivity (Wildman–Crippen MR) is 79.0 cm³/mol. The van der Waals surface area contributed by atoms with E-state index < -0.39 is 0 Å². The first kappa shape index (κ1) is 16.4. The summed E-state index contributed by atoms with van der Waals surface area (Å²) in [4.78, 5) is 16.8. The molecule has 0 aliphatic carbocycles. The van der Waals surface area contributed by atoms with Crippen LogP contribution < -0.4 is 11.1 Å². The van der Waals surface area contributed by atoms with E-state index in [1.54, 1.807) is 0 Å². The lowest BCUT2D eigenvalue weighted by molar-refractivity contribution is -0.126. The third-order valence-corrected chi connectivity index (χ3v) is 3.66. The van der Waals surface area contributed by atoms with Crippen molar-refractivity contribution in [1.29, 1.82) is 0 Å². The maximum Gasteiger partial charge on any atom is 0.237 e. The van der Waals surface area contributed by atoms with E-state index in [1.165, 1.54) is 0 Å². The molecule has 0 spiro atoms. The smallest absolute Gasteiger partial charge is 0.237 e. The van der Waals surface area contributed by atoms with E-state index in [0.717, 1.165) is 52.1 Å². The van der Waals surface area contributed by atoms with Crippen molar-refractivity contribution in [2.75, 3.05) is 39.3 Å². The zero-order chi connectivity index (χ0) is 14.3. The first-order valence-electron chi connectivity index (χ1n) is 7.51. The van der Waals surface area contributed by atoms with Gasteiger partial charge in [0, 0.05) is 25.7 Å². The molecule has 1 rings (SSSR count). The second-order valence-electron chi connectivity index (χ2n) is 5.71. The molecule has 1 fully saturated rings. The highest BCUT2D eigenvalue weighted by molar-refractivity contribution is 5.81. The van der Waals surface area contributed by atoms with E-state index >= 15 is 0 Å². The largest absolute Gasteiger partial charge is 0.353 e. The standard InChI is InChI=1S/C14H30N4O/c1-12(2)16-14(19)13(3)18-9-5-8-17(10-11-18)7-4-6-15/h12-13H,4-11,15H2,1-3H3,(H,16,19). The fourth-order valence-corrected chi connectivity index (χ4v) is 2.49. The van der Waals surface area contributed by atoms with Crippen LogP contribution in [0.15, 0.2) is 0 Å². The van der Waals surface area contributed by atoms with E-state index in [1.807, 2.05) is 20.8 Å². The van der Waals surface area contributed by atoms with Crippen molar-refractivity contribution in [2.45, 2.75) is 45.7 Å². The molecule has 3 N–H and O–H groups in total. The minimum atomic E-state index is -0.0307. The van der Waals surface area contributed by atoms with Crippen molar-refractivity contribution in [3.63, 3.8) is 0 Å². The van der Waals surface area contributed by atoms with E-state index in [0.29, 0.717) is 0 Å². The van der Waals surface area contributed by atoms with Gasteiger partial charge < -0.3 is 16.0 Å². The molecule has 1 heterocycles. The molecular formula is C14H30N4O. The molecule has 0 saturated carbocycles. The molecule has 0 aromatic heterocycles. The maximum absolute atomic E-state index is 12.0. The van der Waals surface area contributed by atoms with Crippen LogP contribution in [0.5, 0.6) is 0 Å². The van der Waals surface area contributed by atoms with Gasteiger partial charge in [0.05, 0.1) is 6.04 Å². The molecule has 1 aliphatic rings. The fraction of sp³-hybridized carbons (Fsp3) is 0.929. The summed E-state index contributed by atoms with van der Waals surface area (Å²) in [5.74, 6) is 0.144. The van der Waals surface area contributed by atoms with Crippen LogP contribution in [-0.4, -0.2) is 67.1 Å². The highest BCUT2D eigenvalue weighted by Gasteiger charge is 2.23. The average Bonchev–Trinajstić information content (AvgIpc) is 2.60. The first-order valence-corrected chi connectivity index (χ1v) is 7.51. The van der Waals surface area contributed by atoms with Crippen molar-refractivity contribution >= 4 is 5.91 Å². The highest BCUT2D eigenvalue weighted by Crippen LogP contribution is 2.08. The van der Waals surface area contributed by atoms with Crippen molar-refractivity contribution in [2.24, 2.45) is 5.73 Å². The second-order valence-corrected chi connectivity index (χ2v) is 5.71. The molecule has 1 atom stereocenters. The van der Waals surface area contributed by atoms with Gasteiger partial charge in [0.2, 0.25) is 5.91 Å². The van der Waals surface area contributed by atoms with Gasteiger partial charge in [-0.1, -0.05) is 0 Å². The molecule has 0 aromatic carbocycles. The Balaban J connectivity index is 2.40. The normalized spacial score (nSPS) is 20.3. The summed E-state index contributed by atoms with van der Waals surface area (Å²) in [6.07, 6.45) is 2.19. The SMILES string of the molecule is CC(C)NC(=O)C(C)N1CCCN(CCCN)CC1. The third-order valence-electron chi connectivity index (χ3n) is 3.66. The quantitative estimate of drug-likeness (QED) is 0.726. The Labute approximate surface area is 117 Å². The number of carbonyl (C=O) groups is 1. The van der Waals surface area contributed by atoms with E-state index in [2.05, 4.69) is 15.1 Å². The Hall–Kier alpha value is -0.650. The Kier molecular flexibility index (Phi) is 7.34. The van der Waals surface area contributed by atoms with Gasteiger partial charge in [0.1, 0.15) is 0 Å². The van der Waals surface area contributed by atoms with Gasteiger partial charge in [-0.05, 0) is 53.2 Å². The summed E-state index contributed by atoms with van der Waals surface area (Å²) < 4.78 is 0. The number of carbonyl (C=O) groups excluding carboxylic acids is 1. The molecule has 1 saturated heterocycles. The molecule has 1 amide bonds. The fourth-order valence-electron chi connectivity index (χ4n) is 2.49. The molecule has 1 aliphatic heterocycles. The van der Waals surface area contributed by atoms with E-state index in [9.17, 15) is 4.79 Å². The summed E-state index contributed by atoms with van der Waals surface area (Å²) in [6.45, 7) is 12.0. The molecule has 112 valence electrons. The molecule has 0 radical (unpaired) electrons. The summed E-state index contributed by atoms with van der Waals surface area (Å²) in [6, 6.07) is 0.180. The molecular weight excluding hydrogens is 240 g/mol. The van der Waals surface area contributed by atoms with Crippen LogP contribution in [-0.2, 0) is 4.79 Å². The van der Waals surface area contributed by atoms with Gasteiger partial charge in [-0.2, -0.15) is 0 Å². The van der Waals surface area contributed by atoms with Gasteiger partial charge in [-0.15, -0.1) is 0 Å². The van der Waals surface area contributed by atoms with Crippen molar-refractivity contribution in [3.05, 3.63) is 0 Å². The Morgan fingerprint density at radius 1 is 1.21 bits per heavy atom. The zero-order valence-electron chi connectivity index (χ0n) is 12.7. The first-order chi connectivity index (χ1) is 9.04. The minimum absolute atomic E-state index is 0.0307. The Morgan fingerprint density at radius 2 is 1.95 bits per heavy atom. The number of nitrogens with one attached hydrogen (secondary N) is 1. The number of nitrogens with two attached hydrogens (primary N) is 1. The molecule has 5 heteroatoms. The van der Waals surface area contributed by atoms with Gasteiger partial charge in [-0.3, -0.25) is 9.69 Å². The van der Waals surface area contributed by atoms with Crippen LogP contribution in [0.4, 0.5) is 0 Å². The number of rotatable bonds is 6. The number of hydrogen-bond acceptors (Lipinski definition) is 4. The Bertz CT molecular complexity index is 270. The third kappa shape index (κ3) is 5.89. The summed E-state index contributed by atoms with van der Waals surface area (Å²) in [5, 5.41) is 2.99.